The molecular formula is C11H11N4O5S-. The van der Waals surface area contributed by atoms with Gasteiger partial charge in [-0.1, -0.05) is 0 Å². The summed E-state index contributed by atoms with van der Waals surface area (Å²) in [7, 11) is -4.80. The van der Waals surface area contributed by atoms with E-state index in [2.05, 4.69) is 9.97 Å². The Morgan fingerprint density at radius 3 is 2.90 bits per heavy atom. The van der Waals surface area contributed by atoms with Gasteiger partial charge in [0.1, 0.15) is 6.04 Å². The molecule has 0 spiro atoms. The summed E-state index contributed by atoms with van der Waals surface area (Å²) in [6.07, 6.45) is 6.05. The van der Waals surface area contributed by atoms with Crippen LogP contribution in [0, 0.1) is 0 Å². The zero-order valence-electron chi connectivity index (χ0n) is 10.7. The number of hydrogen-bond acceptors (Lipinski definition) is 6. The highest BCUT2D eigenvalue weighted by atomic mass is 32.2. The first-order valence-electron chi connectivity index (χ1n) is 6.16. The molecule has 0 saturated carbocycles. The van der Waals surface area contributed by atoms with Gasteiger partial charge in [0.25, 0.3) is 5.91 Å². The minimum absolute atomic E-state index is 0.235. The summed E-state index contributed by atoms with van der Waals surface area (Å²) in [5.41, 5.74) is 0.628. The van der Waals surface area contributed by atoms with Crippen LogP contribution in [0.1, 0.15) is 12.1 Å². The number of fused-ring (bicyclic) bond motifs is 1. The molecule has 1 aromatic rings. The number of amides is 2. The Morgan fingerprint density at radius 1 is 1.52 bits per heavy atom. The van der Waals surface area contributed by atoms with Crippen LogP contribution in [0.15, 0.2) is 18.6 Å². The molecule has 3 heterocycles. The molecule has 2 saturated heterocycles. The van der Waals surface area contributed by atoms with E-state index in [0.29, 0.717) is 10.00 Å². The van der Waals surface area contributed by atoms with E-state index < -0.39 is 34.2 Å². The summed E-state index contributed by atoms with van der Waals surface area (Å²) in [6.45, 7) is 0.235. The highest BCUT2D eigenvalue weighted by Gasteiger charge is 2.57. The quantitative estimate of drug-likeness (QED) is 0.420. The van der Waals surface area contributed by atoms with E-state index in [4.69, 9.17) is 0 Å². The summed E-state index contributed by atoms with van der Waals surface area (Å²) >= 11 is 0. The lowest BCUT2D eigenvalue weighted by atomic mass is 10.0. The number of aromatic nitrogens is 2. The van der Waals surface area contributed by atoms with Crippen LogP contribution in [0.25, 0.3) is 6.08 Å². The van der Waals surface area contributed by atoms with Crippen molar-refractivity contribution >= 4 is 28.2 Å². The van der Waals surface area contributed by atoms with Gasteiger partial charge >= 0.3 is 0 Å². The Labute approximate surface area is 120 Å². The molecule has 2 atom stereocenters. The number of aromatic amines is 1. The van der Waals surface area contributed by atoms with Gasteiger partial charge in [-0.15, -0.1) is 0 Å². The molecule has 10 heteroatoms. The molecule has 2 aliphatic heterocycles. The molecular weight excluding hydrogens is 300 g/mol. The number of β-lactam (4-membered cyclic amide) rings is 1. The summed E-state index contributed by atoms with van der Waals surface area (Å²) in [4.78, 5) is 31.6. The van der Waals surface area contributed by atoms with Crippen molar-refractivity contribution in [3.8, 4) is 0 Å². The summed E-state index contributed by atoms with van der Waals surface area (Å²) in [5.74, 6) is -1.25. The molecule has 0 bridgehead atoms. The average molecular weight is 311 g/mol. The summed E-state index contributed by atoms with van der Waals surface area (Å²) < 4.78 is 33.2. The predicted molar refractivity (Wildman–Crippen MR) is 68.1 cm³/mol. The molecule has 3 rings (SSSR count). The van der Waals surface area contributed by atoms with Crippen molar-refractivity contribution in [2.75, 3.05) is 6.54 Å². The maximum Gasteiger partial charge on any atom is 0.260 e. The molecule has 9 nitrogen and oxygen atoms in total. The van der Waals surface area contributed by atoms with Crippen molar-refractivity contribution < 1.29 is 22.6 Å². The largest absolute Gasteiger partial charge is 0.731 e. The number of carbonyl (C=O) groups excluding carboxylic acids is 2. The highest BCUT2D eigenvalue weighted by molar-refractivity contribution is 7.84. The monoisotopic (exact) mass is 311 g/mol. The van der Waals surface area contributed by atoms with E-state index in [9.17, 15) is 22.6 Å². The summed E-state index contributed by atoms with van der Waals surface area (Å²) in [5, 5.41) is 0. The first kappa shape index (κ1) is 13.8. The molecule has 112 valence electrons. The average Bonchev–Trinajstić information content (AvgIpc) is 3.00. The Morgan fingerprint density at radius 2 is 2.29 bits per heavy atom. The van der Waals surface area contributed by atoms with Crippen molar-refractivity contribution in [1.29, 1.82) is 0 Å². The molecule has 2 fully saturated rings. The van der Waals surface area contributed by atoms with Gasteiger partial charge < -0.3 is 14.4 Å². The predicted octanol–water partition coefficient (Wildman–Crippen LogP) is -1.31. The van der Waals surface area contributed by atoms with E-state index in [-0.39, 0.29) is 13.0 Å². The Kier molecular flexibility index (Phi) is 3.06. The normalized spacial score (nSPS) is 25.3. The molecule has 0 radical (unpaired) electrons. The van der Waals surface area contributed by atoms with Crippen LogP contribution >= 0.6 is 0 Å². The van der Waals surface area contributed by atoms with Crippen LogP contribution in [0.2, 0.25) is 0 Å². The number of nitrogens with zero attached hydrogens (tertiary/aromatic N) is 3. The van der Waals surface area contributed by atoms with Gasteiger partial charge in [0.15, 0.2) is 10.3 Å². The molecule has 1 aromatic heterocycles. The van der Waals surface area contributed by atoms with Gasteiger partial charge in [-0.3, -0.25) is 9.59 Å². The van der Waals surface area contributed by atoms with Gasteiger partial charge in [-0.2, -0.15) is 0 Å². The topological polar surface area (TPSA) is 126 Å². The first-order chi connectivity index (χ1) is 9.89. The first-order valence-corrected chi connectivity index (χ1v) is 7.52. The minimum Gasteiger partial charge on any atom is -0.731 e. The van der Waals surface area contributed by atoms with E-state index in [1.165, 1.54) is 29.6 Å². The fraction of sp³-hybridized carbons (Fsp3) is 0.364. The van der Waals surface area contributed by atoms with Crippen LogP contribution in [-0.2, 0) is 19.9 Å². The van der Waals surface area contributed by atoms with Crippen LogP contribution in [0.5, 0.6) is 0 Å². The highest BCUT2D eigenvalue weighted by Crippen LogP contribution is 2.35. The molecule has 0 aromatic carbocycles. The zero-order valence-corrected chi connectivity index (χ0v) is 11.5. The lowest BCUT2D eigenvalue weighted by molar-refractivity contribution is -0.150. The van der Waals surface area contributed by atoms with E-state index in [0.717, 1.165) is 0 Å². The fourth-order valence-corrected chi connectivity index (χ4v) is 3.55. The van der Waals surface area contributed by atoms with E-state index >= 15 is 0 Å². The van der Waals surface area contributed by atoms with Gasteiger partial charge in [0.05, 0.1) is 24.3 Å². The summed E-state index contributed by atoms with van der Waals surface area (Å²) in [6, 6.07) is -1.59. The van der Waals surface area contributed by atoms with Crippen molar-refractivity contribution in [2.45, 2.75) is 18.5 Å². The third-order valence-corrected chi connectivity index (χ3v) is 4.52. The van der Waals surface area contributed by atoms with Crippen LogP contribution in [0.4, 0.5) is 0 Å². The van der Waals surface area contributed by atoms with Gasteiger partial charge in [-0.05, 0) is 12.5 Å². The lowest BCUT2D eigenvalue weighted by Crippen LogP contribution is -2.68. The molecule has 2 amide bonds. The third-order valence-electron chi connectivity index (χ3n) is 3.59. The van der Waals surface area contributed by atoms with Crippen LogP contribution < -0.4 is 0 Å². The molecule has 0 unspecified atom stereocenters. The SMILES string of the molecule is O=C(/C=C/c1cnc[nH]1)N1CC[C@@H]2[C@H]1C(=O)N2S(=O)(=O)[O-]. The van der Waals surface area contributed by atoms with Gasteiger partial charge in [0, 0.05) is 12.6 Å². The lowest BCUT2D eigenvalue weighted by Gasteiger charge is -2.45. The number of carbonyl (C=O) groups is 2. The number of hydrogen-bond donors (Lipinski definition) is 1. The van der Waals surface area contributed by atoms with Crippen molar-refractivity contribution in [3.63, 3.8) is 0 Å². The number of nitrogens with one attached hydrogen (secondary N) is 1. The van der Waals surface area contributed by atoms with Crippen molar-refractivity contribution in [1.82, 2.24) is 19.2 Å². The smallest absolute Gasteiger partial charge is 0.260 e. The standard InChI is InChI=1S/C11H12N4O5S/c16-9(2-1-7-5-12-6-13-7)14-4-3-8-10(14)11(17)15(8)21(18,19)20/h1-2,5-6,8,10H,3-4H2,(H,12,13)(H,18,19,20)/p-1/b2-1+/t8-,10+/m1/s1. The maximum absolute atomic E-state index is 12.0. The zero-order chi connectivity index (χ0) is 15.2. The van der Waals surface area contributed by atoms with E-state index in [1.807, 2.05) is 0 Å². The molecule has 1 N–H and O–H groups in total. The Bertz CT molecular complexity index is 711. The second-order valence-corrected chi connectivity index (χ2v) is 6.01. The van der Waals surface area contributed by atoms with E-state index in [1.54, 1.807) is 0 Å². The van der Waals surface area contributed by atoms with Gasteiger partial charge in [0.2, 0.25) is 5.91 Å². The number of likely N-dealkylation sites (tertiary alicyclic amines) is 1. The number of imidazole rings is 1. The van der Waals surface area contributed by atoms with Crippen molar-refractivity contribution in [2.24, 2.45) is 0 Å². The third kappa shape index (κ3) is 2.21. The van der Waals surface area contributed by atoms with Crippen molar-refractivity contribution in [3.05, 3.63) is 24.3 Å². The maximum atomic E-state index is 12.0. The molecule has 21 heavy (non-hydrogen) atoms. The number of H-pyrrole nitrogens is 1. The number of rotatable bonds is 3. The minimum atomic E-state index is -4.80. The molecule has 2 aliphatic rings. The van der Waals surface area contributed by atoms with Crippen LogP contribution in [-0.4, -0.2) is 62.6 Å². The fourth-order valence-electron chi connectivity index (χ4n) is 2.67. The van der Waals surface area contributed by atoms with Crippen LogP contribution in [0.3, 0.4) is 0 Å². The Hall–Kier alpha value is -2.20. The Balaban J connectivity index is 1.72. The van der Waals surface area contributed by atoms with Gasteiger partial charge in [-0.25, -0.2) is 17.7 Å². The molecule has 0 aliphatic carbocycles. The second kappa shape index (κ2) is 4.67. The second-order valence-electron chi connectivity index (χ2n) is 4.76.